The monoisotopic (exact) mass is 503 g/mol. The molecular weight excluding hydrogens is 462 g/mol. The highest BCUT2D eigenvalue weighted by Crippen LogP contribution is 2.33. The fraction of sp³-hybridized carbons (Fsp3) is 0.548. The summed E-state index contributed by atoms with van der Waals surface area (Å²) in [7, 11) is 0. The van der Waals surface area contributed by atoms with Crippen LogP contribution in [0, 0.1) is 28.6 Å². The number of rotatable bonds is 4. The normalized spacial score (nSPS) is 25.7. The Bertz CT molecular complexity index is 1060. The van der Waals surface area contributed by atoms with Crippen LogP contribution >= 0.6 is 0 Å². The van der Waals surface area contributed by atoms with E-state index in [0.29, 0.717) is 50.1 Å². The molecule has 3 atom stereocenters. The van der Waals surface area contributed by atoms with Gasteiger partial charge in [0.15, 0.2) is 0 Å². The number of aliphatic hydroxyl groups excluding tert-OH is 1. The van der Waals surface area contributed by atoms with Crippen molar-refractivity contribution in [2.24, 2.45) is 17.3 Å². The molecule has 6 heteroatoms. The number of fused-ring (bicyclic) bond motifs is 1. The first-order chi connectivity index (χ1) is 17.8. The van der Waals surface area contributed by atoms with E-state index in [2.05, 4.69) is 17.0 Å². The zero-order chi connectivity index (χ0) is 26.3. The Morgan fingerprint density at radius 3 is 2.59 bits per heavy atom. The van der Waals surface area contributed by atoms with E-state index in [1.165, 1.54) is 0 Å². The van der Waals surface area contributed by atoms with Crippen molar-refractivity contribution in [3.05, 3.63) is 71.3 Å². The largest absolute Gasteiger partial charge is 0.391 e. The van der Waals surface area contributed by atoms with Crippen molar-refractivity contribution in [3.8, 4) is 6.07 Å². The molecule has 2 fully saturated rings. The van der Waals surface area contributed by atoms with E-state index in [1.807, 2.05) is 67.3 Å². The second-order valence-electron chi connectivity index (χ2n) is 11.5. The number of hydrogen-bond acceptors (Lipinski definition) is 5. The van der Waals surface area contributed by atoms with E-state index >= 15 is 0 Å². The van der Waals surface area contributed by atoms with Gasteiger partial charge in [-0.05, 0) is 60.9 Å². The van der Waals surface area contributed by atoms with Crippen LogP contribution in [0.25, 0.3) is 0 Å². The maximum Gasteiger partial charge on any atom is 0.223 e. The van der Waals surface area contributed by atoms with Crippen molar-refractivity contribution in [3.63, 3.8) is 0 Å². The van der Waals surface area contributed by atoms with Crippen molar-refractivity contribution in [1.29, 1.82) is 5.26 Å². The van der Waals surface area contributed by atoms with Crippen LogP contribution in [0.1, 0.15) is 56.2 Å². The minimum atomic E-state index is -0.664. The van der Waals surface area contributed by atoms with Crippen LogP contribution in [0.3, 0.4) is 0 Å². The number of likely N-dealkylation sites (tertiary alicyclic amines) is 1. The Balaban J connectivity index is 1.49. The highest BCUT2D eigenvalue weighted by Gasteiger charge is 2.35. The summed E-state index contributed by atoms with van der Waals surface area (Å²) >= 11 is 0. The molecule has 0 radical (unpaired) electrons. The Kier molecular flexibility index (Phi) is 9.37. The third kappa shape index (κ3) is 7.64. The molecule has 2 heterocycles. The molecule has 198 valence electrons. The highest BCUT2D eigenvalue weighted by molar-refractivity contribution is 5.76. The van der Waals surface area contributed by atoms with Gasteiger partial charge in [-0.15, -0.1) is 0 Å². The lowest BCUT2D eigenvalue weighted by atomic mass is 9.80. The van der Waals surface area contributed by atoms with Gasteiger partial charge in [0.2, 0.25) is 5.91 Å². The van der Waals surface area contributed by atoms with Gasteiger partial charge in [0.1, 0.15) is 0 Å². The van der Waals surface area contributed by atoms with Crippen LogP contribution in [0.5, 0.6) is 0 Å². The number of nitrogens with zero attached hydrogens (tertiary/aromatic N) is 3. The lowest BCUT2D eigenvalue weighted by molar-refractivity contribution is -0.137. The first kappa shape index (κ1) is 27.3. The SMILES string of the molecule is CC1(C)COCCC[C@H]2CN(Cc3cccc(C#N)c3)CC[C@H]2CC(=O)N(Cc2ccccc2)C[C@@H]1O. The van der Waals surface area contributed by atoms with Gasteiger partial charge < -0.3 is 14.7 Å². The van der Waals surface area contributed by atoms with Crippen molar-refractivity contribution < 1.29 is 14.6 Å². The van der Waals surface area contributed by atoms with E-state index in [0.717, 1.165) is 50.0 Å². The average Bonchev–Trinajstić information content (AvgIpc) is 2.90. The number of β-amino-alcohol motifs (C(OH)–C–C–N with tert-alkyl or cyclic N) is 1. The molecule has 6 nitrogen and oxygen atoms in total. The summed E-state index contributed by atoms with van der Waals surface area (Å²) in [6, 6.07) is 20.1. The minimum Gasteiger partial charge on any atom is -0.391 e. The summed E-state index contributed by atoms with van der Waals surface area (Å²) in [6.07, 6.45) is 2.80. The summed E-state index contributed by atoms with van der Waals surface area (Å²) in [5.41, 5.74) is 2.49. The Morgan fingerprint density at radius 1 is 1.03 bits per heavy atom. The first-order valence-corrected chi connectivity index (χ1v) is 13.6. The molecule has 2 aromatic carbocycles. The number of piperidine rings is 1. The molecule has 0 unspecified atom stereocenters. The van der Waals surface area contributed by atoms with Crippen LogP contribution in [0.2, 0.25) is 0 Å². The number of carbonyl (C=O) groups is 1. The molecule has 1 N–H and O–H groups in total. The molecule has 2 aliphatic rings. The number of carbonyl (C=O) groups excluding carboxylic acids is 1. The number of benzene rings is 2. The molecule has 0 spiro atoms. The van der Waals surface area contributed by atoms with Gasteiger partial charge in [-0.3, -0.25) is 9.69 Å². The third-order valence-corrected chi connectivity index (χ3v) is 8.08. The molecule has 37 heavy (non-hydrogen) atoms. The molecular formula is C31H41N3O3. The number of nitriles is 1. The quantitative estimate of drug-likeness (QED) is 0.659. The maximum atomic E-state index is 13.7. The van der Waals surface area contributed by atoms with Gasteiger partial charge in [0.05, 0.1) is 24.3 Å². The molecule has 2 aromatic rings. The fourth-order valence-corrected chi connectivity index (χ4v) is 5.64. The predicted molar refractivity (Wildman–Crippen MR) is 144 cm³/mol. The van der Waals surface area contributed by atoms with E-state index < -0.39 is 11.5 Å². The second-order valence-corrected chi connectivity index (χ2v) is 11.5. The van der Waals surface area contributed by atoms with Crippen molar-refractivity contribution in [2.75, 3.05) is 32.8 Å². The lowest BCUT2D eigenvalue weighted by Gasteiger charge is -2.39. The Morgan fingerprint density at radius 2 is 1.81 bits per heavy atom. The molecule has 0 aliphatic carbocycles. The third-order valence-electron chi connectivity index (χ3n) is 8.08. The molecule has 0 bridgehead atoms. The average molecular weight is 504 g/mol. The van der Waals surface area contributed by atoms with Gasteiger partial charge in [-0.25, -0.2) is 0 Å². The zero-order valence-electron chi connectivity index (χ0n) is 22.3. The number of hydrogen-bond donors (Lipinski definition) is 1. The van der Waals surface area contributed by atoms with E-state index in [4.69, 9.17) is 4.74 Å². The van der Waals surface area contributed by atoms with Crippen LogP contribution in [0.15, 0.2) is 54.6 Å². The molecule has 2 aliphatic heterocycles. The van der Waals surface area contributed by atoms with Crippen LogP contribution in [0.4, 0.5) is 0 Å². The topological polar surface area (TPSA) is 76.8 Å². The molecule has 2 saturated heterocycles. The second kappa shape index (κ2) is 12.7. The first-order valence-electron chi connectivity index (χ1n) is 13.6. The Labute approximate surface area is 221 Å². The maximum absolute atomic E-state index is 13.7. The van der Waals surface area contributed by atoms with Crippen molar-refractivity contribution in [1.82, 2.24) is 9.80 Å². The van der Waals surface area contributed by atoms with Gasteiger partial charge in [0, 0.05) is 44.6 Å². The molecule has 4 rings (SSSR count). The lowest BCUT2D eigenvalue weighted by Crippen LogP contribution is -2.46. The van der Waals surface area contributed by atoms with Crippen molar-refractivity contribution >= 4 is 5.91 Å². The van der Waals surface area contributed by atoms with Crippen molar-refractivity contribution in [2.45, 2.75) is 58.7 Å². The smallest absolute Gasteiger partial charge is 0.223 e. The standard InChI is InChI=1S/C31H41N3O3/c1-31(2)23-37-15-7-12-28-21-33(19-26-11-6-10-25(16-26)18-32)14-13-27(28)17-30(36)34(22-29(31)35)20-24-8-4-3-5-9-24/h3-6,8-11,16,27-29,35H,7,12-15,17,19-23H2,1-2H3/t27-,28-,29-/m0/s1. The number of amides is 1. The fourth-order valence-electron chi connectivity index (χ4n) is 5.64. The number of aliphatic hydroxyl groups is 1. The van der Waals surface area contributed by atoms with Gasteiger partial charge in [0.25, 0.3) is 0 Å². The van der Waals surface area contributed by atoms with Gasteiger partial charge >= 0.3 is 0 Å². The summed E-state index contributed by atoms with van der Waals surface area (Å²) in [6.45, 7) is 8.70. The van der Waals surface area contributed by atoms with Gasteiger partial charge in [-0.1, -0.05) is 56.3 Å². The summed E-state index contributed by atoms with van der Waals surface area (Å²) in [5, 5.41) is 20.4. The van der Waals surface area contributed by atoms with E-state index in [1.54, 1.807) is 0 Å². The molecule has 1 amide bonds. The summed E-state index contributed by atoms with van der Waals surface area (Å²) in [5.74, 6) is 0.861. The predicted octanol–water partition coefficient (Wildman–Crippen LogP) is 4.61. The molecule has 0 aromatic heterocycles. The Hall–Kier alpha value is -2.72. The van der Waals surface area contributed by atoms with Gasteiger partial charge in [-0.2, -0.15) is 5.26 Å². The minimum absolute atomic E-state index is 0.129. The molecule has 0 saturated carbocycles. The van der Waals surface area contributed by atoms with E-state index in [9.17, 15) is 15.2 Å². The number of ether oxygens (including phenoxy) is 1. The van der Waals surface area contributed by atoms with Crippen LogP contribution in [-0.2, 0) is 22.6 Å². The van der Waals surface area contributed by atoms with E-state index in [-0.39, 0.29) is 5.91 Å². The summed E-state index contributed by atoms with van der Waals surface area (Å²) in [4.78, 5) is 18.0. The summed E-state index contributed by atoms with van der Waals surface area (Å²) < 4.78 is 6.03. The van der Waals surface area contributed by atoms with Crippen LogP contribution < -0.4 is 0 Å². The van der Waals surface area contributed by atoms with Crippen LogP contribution in [-0.4, -0.2) is 59.8 Å². The highest BCUT2D eigenvalue weighted by atomic mass is 16.5. The zero-order valence-corrected chi connectivity index (χ0v) is 22.3.